The first kappa shape index (κ1) is 18.1. The topological polar surface area (TPSA) is 51.2 Å². The van der Waals surface area contributed by atoms with Crippen molar-refractivity contribution in [2.45, 2.75) is 13.5 Å². The highest BCUT2D eigenvalue weighted by molar-refractivity contribution is 9.10. The van der Waals surface area contributed by atoms with Gasteiger partial charge in [-0.1, -0.05) is 29.8 Å². The van der Waals surface area contributed by atoms with E-state index in [4.69, 9.17) is 4.74 Å². The molecule has 1 N–H and O–H groups in total. The lowest BCUT2D eigenvalue weighted by Gasteiger charge is -2.10. The van der Waals surface area contributed by atoms with Gasteiger partial charge in [0, 0.05) is 5.69 Å². The highest BCUT2D eigenvalue weighted by atomic mass is 79.9. The average molecular weight is 415 g/mol. The molecular weight excluding hydrogens is 399 g/mol. The van der Waals surface area contributed by atoms with Crippen molar-refractivity contribution in [1.29, 1.82) is 0 Å². The number of halogens is 2. The highest BCUT2D eigenvalue weighted by Gasteiger charge is 2.12. The summed E-state index contributed by atoms with van der Waals surface area (Å²) in [5, 5.41) is 2.67. The van der Waals surface area contributed by atoms with Crippen molar-refractivity contribution < 1.29 is 13.9 Å². The summed E-state index contributed by atoms with van der Waals surface area (Å²) in [5.41, 5.74) is 2.93. The fraction of sp³-hybridized carbons (Fsp3) is 0.100. The quantitative estimate of drug-likeness (QED) is 0.589. The summed E-state index contributed by atoms with van der Waals surface area (Å²) < 4.78 is 19.1. The Morgan fingerprint density at radius 1 is 1.15 bits per heavy atom. The molecule has 1 heterocycles. The third-order valence-corrected chi connectivity index (χ3v) is 4.19. The normalized spacial score (nSPS) is 10.4. The van der Waals surface area contributed by atoms with Crippen LogP contribution < -0.4 is 10.1 Å². The summed E-state index contributed by atoms with van der Waals surface area (Å²) in [6, 6.07) is 16.8. The second-order valence-electron chi connectivity index (χ2n) is 5.72. The maximum Gasteiger partial charge on any atom is 0.274 e. The number of rotatable bonds is 5. The molecule has 0 saturated heterocycles. The largest absolute Gasteiger partial charge is 0.486 e. The van der Waals surface area contributed by atoms with E-state index in [1.54, 1.807) is 12.1 Å². The molecule has 132 valence electrons. The molecule has 0 unspecified atom stereocenters. The van der Waals surface area contributed by atoms with Gasteiger partial charge in [0.2, 0.25) is 0 Å². The first-order valence-electron chi connectivity index (χ1n) is 7.93. The smallest absolute Gasteiger partial charge is 0.274 e. The van der Waals surface area contributed by atoms with Gasteiger partial charge < -0.3 is 10.1 Å². The third kappa shape index (κ3) is 4.67. The van der Waals surface area contributed by atoms with Crippen molar-refractivity contribution in [3.8, 4) is 5.75 Å². The number of benzene rings is 2. The van der Waals surface area contributed by atoms with E-state index < -0.39 is 0 Å². The Kier molecular flexibility index (Phi) is 5.63. The standard InChI is InChI=1S/C20H16BrFN2O2/c1-13-3-2-4-14(11-13)12-26-18-10-9-17(24-19(18)21)20(25)23-16-7-5-15(22)6-8-16/h2-11H,12H2,1H3,(H,23,25). The van der Waals surface area contributed by atoms with E-state index in [0.717, 1.165) is 11.1 Å². The summed E-state index contributed by atoms with van der Waals surface area (Å²) in [7, 11) is 0. The molecule has 0 atom stereocenters. The predicted molar refractivity (Wildman–Crippen MR) is 102 cm³/mol. The molecule has 0 aliphatic carbocycles. The van der Waals surface area contributed by atoms with Gasteiger partial charge in [-0.2, -0.15) is 0 Å². The van der Waals surface area contributed by atoms with Crippen LogP contribution in [0, 0.1) is 12.7 Å². The molecule has 26 heavy (non-hydrogen) atoms. The van der Waals surface area contributed by atoms with Gasteiger partial charge in [0.15, 0.2) is 5.75 Å². The molecule has 3 rings (SSSR count). The second-order valence-corrected chi connectivity index (χ2v) is 6.48. The number of carbonyl (C=O) groups excluding carboxylic acids is 1. The zero-order valence-corrected chi connectivity index (χ0v) is 15.6. The number of pyridine rings is 1. The lowest BCUT2D eigenvalue weighted by atomic mass is 10.1. The molecule has 3 aromatic rings. The fourth-order valence-corrected chi connectivity index (χ4v) is 2.78. The number of amides is 1. The zero-order chi connectivity index (χ0) is 18.5. The number of ether oxygens (including phenoxy) is 1. The maximum atomic E-state index is 12.9. The third-order valence-electron chi connectivity index (χ3n) is 3.63. The van der Waals surface area contributed by atoms with E-state index in [0.29, 0.717) is 22.6 Å². The Morgan fingerprint density at radius 3 is 2.62 bits per heavy atom. The maximum absolute atomic E-state index is 12.9. The van der Waals surface area contributed by atoms with Crippen LogP contribution in [0.2, 0.25) is 0 Å². The van der Waals surface area contributed by atoms with Gasteiger partial charge in [-0.3, -0.25) is 4.79 Å². The number of hydrogen-bond donors (Lipinski definition) is 1. The van der Waals surface area contributed by atoms with Crippen molar-refractivity contribution >= 4 is 27.5 Å². The van der Waals surface area contributed by atoms with E-state index in [-0.39, 0.29) is 17.4 Å². The van der Waals surface area contributed by atoms with Crippen LogP contribution in [0.5, 0.6) is 5.75 Å². The summed E-state index contributed by atoms with van der Waals surface area (Å²) in [5.74, 6) is -0.202. The predicted octanol–water partition coefficient (Wildman–Crippen LogP) is 5.12. The lowest BCUT2D eigenvalue weighted by molar-refractivity contribution is 0.102. The van der Waals surface area contributed by atoms with Gasteiger partial charge in [0.1, 0.15) is 22.7 Å². The number of aryl methyl sites for hydroxylation is 1. The van der Waals surface area contributed by atoms with Gasteiger partial charge >= 0.3 is 0 Å². The van der Waals surface area contributed by atoms with Gasteiger partial charge in [-0.05, 0) is 64.8 Å². The van der Waals surface area contributed by atoms with Crippen LogP contribution in [-0.4, -0.2) is 10.9 Å². The minimum absolute atomic E-state index is 0.226. The molecule has 1 amide bonds. The summed E-state index contributed by atoms with van der Waals surface area (Å²) in [6.45, 7) is 2.43. The highest BCUT2D eigenvalue weighted by Crippen LogP contribution is 2.24. The Morgan fingerprint density at radius 2 is 1.92 bits per heavy atom. The number of aromatic nitrogens is 1. The summed E-state index contributed by atoms with van der Waals surface area (Å²) >= 11 is 3.33. The Labute approximate surface area is 159 Å². The molecule has 0 bridgehead atoms. The van der Waals surface area contributed by atoms with Crippen molar-refractivity contribution in [2.24, 2.45) is 0 Å². The van der Waals surface area contributed by atoms with Crippen molar-refractivity contribution in [3.05, 3.63) is 87.9 Å². The van der Waals surface area contributed by atoms with Gasteiger partial charge in [0.05, 0.1) is 0 Å². The molecule has 4 nitrogen and oxygen atoms in total. The van der Waals surface area contributed by atoms with E-state index in [2.05, 4.69) is 26.2 Å². The summed E-state index contributed by atoms with van der Waals surface area (Å²) in [6.07, 6.45) is 0. The number of hydrogen-bond acceptors (Lipinski definition) is 3. The molecular formula is C20H16BrFN2O2. The van der Waals surface area contributed by atoms with Crippen LogP contribution in [0.4, 0.5) is 10.1 Å². The van der Waals surface area contributed by atoms with E-state index in [1.165, 1.54) is 24.3 Å². The van der Waals surface area contributed by atoms with E-state index in [1.807, 2.05) is 31.2 Å². The Hall–Kier alpha value is -2.73. The van der Waals surface area contributed by atoms with Gasteiger partial charge in [-0.15, -0.1) is 0 Å². The van der Waals surface area contributed by atoms with Crippen LogP contribution in [0.3, 0.4) is 0 Å². The number of nitrogens with zero attached hydrogens (tertiary/aromatic N) is 1. The number of anilines is 1. The second kappa shape index (κ2) is 8.10. The van der Waals surface area contributed by atoms with Crippen LogP contribution in [0.25, 0.3) is 0 Å². The fourth-order valence-electron chi connectivity index (χ4n) is 2.35. The minimum atomic E-state index is -0.387. The monoisotopic (exact) mass is 414 g/mol. The van der Waals surface area contributed by atoms with Crippen molar-refractivity contribution in [1.82, 2.24) is 4.98 Å². The molecule has 0 saturated carbocycles. The van der Waals surface area contributed by atoms with Gasteiger partial charge in [-0.25, -0.2) is 9.37 Å². The number of carbonyl (C=O) groups is 1. The molecule has 6 heteroatoms. The molecule has 0 fully saturated rings. The Balaban J connectivity index is 1.66. The van der Waals surface area contributed by atoms with Gasteiger partial charge in [0.25, 0.3) is 5.91 Å². The van der Waals surface area contributed by atoms with E-state index in [9.17, 15) is 9.18 Å². The average Bonchev–Trinajstić information content (AvgIpc) is 2.62. The molecule has 0 radical (unpaired) electrons. The lowest BCUT2D eigenvalue weighted by Crippen LogP contribution is -2.14. The van der Waals surface area contributed by atoms with Crippen LogP contribution in [-0.2, 0) is 6.61 Å². The first-order valence-corrected chi connectivity index (χ1v) is 8.72. The Bertz CT molecular complexity index is 929. The molecule has 0 aliphatic rings. The molecule has 1 aromatic heterocycles. The SMILES string of the molecule is Cc1cccc(COc2ccc(C(=O)Nc3ccc(F)cc3)nc2Br)c1. The molecule has 2 aromatic carbocycles. The first-order chi connectivity index (χ1) is 12.5. The molecule has 0 spiro atoms. The van der Waals surface area contributed by atoms with Crippen molar-refractivity contribution in [3.63, 3.8) is 0 Å². The summed E-state index contributed by atoms with van der Waals surface area (Å²) in [4.78, 5) is 16.5. The van der Waals surface area contributed by atoms with Crippen LogP contribution >= 0.6 is 15.9 Å². The van der Waals surface area contributed by atoms with Crippen molar-refractivity contribution in [2.75, 3.05) is 5.32 Å². The molecule has 0 aliphatic heterocycles. The van der Waals surface area contributed by atoms with Crippen LogP contribution in [0.1, 0.15) is 21.6 Å². The minimum Gasteiger partial charge on any atom is -0.486 e. The zero-order valence-electron chi connectivity index (χ0n) is 14.0. The number of nitrogens with one attached hydrogen (secondary N) is 1. The van der Waals surface area contributed by atoms with E-state index >= 15 is 0 Å². The van der Waals surface area contributed by atoms with Crippen LogP contribution in [0.15, 0.2) is 65.3 Å².